The molecule has 2 aliphatic heterocycles. The van der Waals surface area contributed by atoms with E-state index in [0.29, 0.717) is 85.0 Å². The van der Waals surface area contributed by atoms with E-state index in [0.717, 1.165) is 5.69 Å². The van der Waals surface area contributed by atoms with Crippen molar-refractivity contribution in [1.29, 1.82) is 0 Å². The summed E-state index contributed by atoms with van der Waals surface area (Å²) in [7, 11) is 0. The summed E-state index contributed by atoms with van der Waals surface area (Å²) in [6, 6.07) is 5.61. The van der Waals surface area contributed by atoms with Gasteiger partial charge < -0.3 is 45.3 Å². The first-order chi connectivity index (χ1) is 23.8. The average molecular weight is 703 g/mol. The van der Waals surface area contributed by atoms with Crippen LogP contribution in [0.25, 0.3) is 33.5 Å². The molecule has 2 aliphatic rings. The minimum atomic E-state index is -2.27. The number of phenolic OH excluding ortho intramolecular Hbond substituents is 1. The predicted molar refractivity (Wildman–Crippen MR) is 170 cm³/mol. The fourth-order valence-electron chi connectivity index (χ4n) is 5.81. The summed E-state index contributed by atoms with van der Waals surface area (Å²) >= 11 is 0. The lowest BCUT2D eigenvalue weighted by Crippen LogP contribution is -2.49. The van der Waals surface area contributed by atoms with Crippen molar-refractivity contribution in [3.05, 3.63) is 52.9 Å². The Morgan fingerprint density at radius 3 is 2.44 bits per heavy atom. The highest BCUT2D eigenvalue weighted by atomic mass is 19.1. The number of aromatic amines is 2. The Morgan fingerprint density at radius 1 is 1.06 bits per heavy atom. The van der Waals surface area contributed by atoms with Crippen LogP contribution in [0.2, 0.25) is 0 Å². The largest absolute Gasteiger partial charge is 0.505 e. The number of halogens is 2. The molecule has 268 valence electrons. The number of aryl methyl sites for hydroxylation is 1. The van der Waals surface area contributed by atoms with Crippen LogP contribution in [0, 0.1) is 11.6 Å². The van der Waals surface area contributed by atoms with Gasteiger partial charge in [0.2, 0.25) is 5.91 Å². The van der Waals surface area contributed by atoms with Gasteiger partial charge in [0.25, 0.3) is 0 Å². The van der Waals surface area contributed by atoms with Gasteiger partial charge >= 0.3 is 11.9 Å². The number of carbonyl (C=O) groups excluding carboxylic acids is 1. The van der Waals surface area contributed by atoms with Crippen LogP contribution in [0.1, 0.15) is 23.9 Å². The number of carboxylic acids is 2. The number of aliphatic hydroxyl groups is 3. The number of nitrogens with zero attached hydrogens (tertiary/aromatic N) is 4. The van der Waals surface area contributed by atoms with Crippen molar-refractivity contribution in [1.82, 2.24) is 30.0 Å². The number of hydrogen-bond donors (Lipinski definition) is 8. The Hall–Kier alpha value is -5.01. The molecule has 1 amide bonds. The fourth-order valence-corrected chi connectivity index (χ4v) is 5.81. The first-order valence-corrected chi connectivity index (χ1v) is 15.6. The summed E-state index contributed by atoms with van der Waals surface area (Å²) in [5.74, 6) is -4.90. The molecule has 18 heteroatoms. The second-order valence-corrected chi connectivity index (χ2v) is 11.8. The quantitative estimate of drug-likeness (QED) is 0.119. The highest BCUT2D eigenvalue weighted by Gasteiger charge is 2.30. The van der Waals surface area contributed by atoms with Crippen molar-refractivity contribution in [2.24, 2.45) is 0 Å². The van der Waals surface area contributed by atoms with Crippen LogP contribution in [-0.4, -0.2) is 136 Å². The van der Waals surface area contributed by atoms with Crippen LogP contribution in [0.15, 0.2) is 24.3 Å². The number of aromatic hydroxyl groups is 1. The lowest BCUT2D eigenvalue weighted by Gasteiger charge is -2.34. The second kappa shape index (κ2) is 15.3. The number of rotatable bonds is 9. The van der Waals surface area contributed by atoms with Crippen molar-refractivity contribution in [2.45, 2.75) is 44.6 Å². The van der Waals surface area contributed by atoms with E-state index in [1.165, 1.54) is 18.2 Å². The molecular formula is C32H36F2N6O10. The number of nitrogens with one attached hydrogen (secondary N) is 2. The van der Waals surface area contributed by atoms with Crippen LogP contribution in [-0.2, 0) is 38.5 Å². The van der Waals surface area contributed by atoms with Crippen LogP contribution in [0.4, 0.5) is 8.78 Å². The maximum absolute atomic E-state index is 15.5. The number of imidazole rings is 1. The van der Waals surface area contributed by atoms with Gasteiger partial charge in [0.1, 0.15) is 11.5 Å². The third kappa shape index (κ3) is 7.74. The summed E-state index contributed by atoms with van der Waals surface area (Å²) in [5, 5.41) is 59.1. The predicted octanol–water partition coefficient (Wildman–Crippen LogP) is 0.621. The summed E-state index contributed by atoms with van der Waals surface area (Å²) in [6.07, 6.45) is -3.70. The number of morpholine rings is 1. The number of H-pyrrole nitrogens is 2. The molecule has 1 saturated heterocycles. The van der Waals surface area contributed by atoms with Crippen LogP contribution in [0.5, 0.6) is 5.75 Å². The third-order valence-corrected chi connectivity index (χ3v) is 8.48. The Labute approximate surface area is 282 Å². The van der Waals surface area contributed by atoms with Gasteiger partial charge in [-0.15, -0.1) is 0 Å². The van der Waals surface area contributed by atoms with E-state index >= 15 is 4.39 Å². The molecule has 6 rings (SSSR count). The molecule has 8 N–H and O–H groups in total. The lowest BCUT2D eigenvalue weighted by molar-refractivity contribution is -0.165. The SMILES string of the molecule is CCc1cc(O)c(F)cc1-c1cc(F)c2c(-c3nc4c([nH]3)CCN(C(=O)CN3CCO[C@@H](CO)C3)C4)n[nH]c2c1.O=C(O)[C@H](O)[C@@H](O)C(=O)O. The van der Waals surface area contributed by atoms with E-state index < -0.39 is 41.5 Å². The van der Waals surface area contributed by atoms with Gasteiger partial charge in [-0.05, 0) is 47.4 Å². The van der Waals surface area contributed by atoms with E-state index in [1.54, 1.807) is 11.0 Å². The Kier molecular flexibility index (Phi) is 11.1. The van der Waals surface area contributed by atoms with Gasteiger partial charge in [-0.2, -0.15) is 5.10 Å². The molecule has 16 nitrogen and oxygen atoms in total. The summed E-state index contributed by atoms with van der Waals surface area (Å²) in [6.45, 7) is 4.53. The molecule has 50 heavy (non-hydrogen) atoms. The summed E-state index contributed by atoms with van der Waals surface area (Å²) in [4.78, 5) is 44.2. The number of carboxylic acid groups (broad SMARTS) is 2. The molecule has 2 aromatic heterocycles. The average Bonchev–Trinajstić information content (AvgIpc) is 3.73. The Bertz CT molecular complexity index is 1880. The van der Waals surface area contributed by atoms with Gasteiger partial charge in [0, 0.05) is 31.7 Å². The van der Waals surface area contributed by atoms with E-state index in [2.05, 4.69) is 20.2 Å². The van der Waals surface area contributed by atoms with Gasteiger partial charge in [0.05, 0.1) is 49.0 Å². The number of benzene rings is 2. The van der Waals surface area contributed by atoms with E-state index in [9.17, 15) is 29.0 Å². The minimum absolute atomic E-state index is 0.0188. The molecule has 0 unspecified atom stereocenters. The zero-order valence-corrected chi connectivity index (χ0v) is 26.8. The first-order valence-electron chi connectivity index (χ1n) is 15.6. The van der Waals surface area contributed by atoms with Gasteiger partial charge in [0.15, 0.2) is 29.6 Å². The maximum Gasteiger partial charge on any atom is 0.335 e. The van der Waals surface area contributed by atoms with Gasteiger partial charge in [-0.1, -0.05) is 6.92 Å². The smallest absolute Gasteiger partial charge is 0.335 e. The Balaban J connectivity index is 0.000000425. The van der Waals surface area contributed by atoms with Crippen LogP contribution < -0.4 is 0 Å². The number of aromatic nitrogens is 4. The third-order valence-electron chi connectivity index (χ3n) is 8.48. The lowest BCUT2D eigenvalue weighted by atomic mass is 9.96. The topological polar surface area (TPSA) is 246 Å². The van der Waals surface area contributed by atoms with Crippen LogP contribution in [0.3, 0.4) is 0 Å². The van der Waals surface area contributed by atoms with Crippen molar-refractivity contribution >= 4 is 28.7 Å². The van der Waals surface area contributed by atoms with Crippen molar-refractivity contribution in [3.8, 4) is 28.4 Å². The molecule has 2 aromatic carbocycles. The number of aliphatic hydroxyl groups excluding tert-OH is 3. The molecule has 0 radical (unpaired) electrons. The summed E-state index contributed by atoms with van der Waals surface area (Å²) in [5.41, 5.74) is 4.00. The fraction of sp³-hybridized carbons (Fsp3) is 0.406. The first kappa shape index (κ1) is 36.3. The molecule has 0 spiro atoms. The number of carbonyl (C=O) groups is 3. The van der Waals surface area contributed by atoms with Gasteiger partial charge in [-0.25, -0.2) is 23.4 Å². The van der Waals surface area contributed by atoms with Crippen LogP contribution >= 0.6 is 0 Å². The normalized spacial score (nSPS) is 17.5. The number of amides is 1. The highest BCUT2D eigenvalue weighted by Crippen LogP contribution is 2.35. The molecule has 3 atom stereocenters. The maximum atomic E-state index is 15.5. The van der Waals surface area contributed by atoms with Crippen molar-refractivity contribution < 1.29 is 58.5 Å². The minimum Gasteiger partial charge on any atom is -0.505 e. The van der Waals surface area contributed by atoms with E-state index in [4.69, 9.17) is 25.2 Å². The molecule has 0 aliphatic carbocycles. The molecule has 1 fully saturated rings. The number of ether oxygens (including phenoxy) is 1. The van der Waals surface area contributed by atoms with Gasteiger partial charge in [-0.3, -0.25) is 14.8 Å². The number of phenols is 1. The standard InChI is InChI=1S/C28H30F2N6O4.C4H6O6/c1-2-15-9-24(38)19(29)10-18(15)16-7-20(30)26-22(8-16)33-34-27(26)28-31-21-3-4-36(12-23(21)32-28)25(39)13-35-5-6-40-17(11-35)14-37;5-1(3(7)8)2(6)4(9)10/h7-10,17,37-38H,2-6,11-14H2,1H3,(H,31,32)(H,33,34);1-2,5-6H,(H,7,8)(H,9,10)/t17-;1-,2-/m11/s1. The van der Waals surface area contributed by atoms with E-state index in [-0.39, 0.29) is 30.5 Å². The Morgan fingerprint density at radius 2 is 1.78 bits per heavy atom. The zero-order valence-electron chi connectivity index (χ0n) is 26.8. The molecule has 4 heterocycles. The second-order valence-electron chi connectivity index (χ2n) is 11.8. The van der Waals surface area contributed by atoms with E-state index in [1.807, 2.05) is 11.8 Å². The summed E-state index contributed by atoms with van der Waals surface area (Å²) < 4.78 is 35.1. The number of aliphatic carboxylic acids is 2. The molecular weight excluding hydrogens is 666 g/mol. The molecule has 0 saturated carbocycles. The highest BCUT2D eigenvalue weighted by molar-refractivity contribution is 5.95. The molecule has 4 aromatic rings. The zero-order chi connectivity index (χ0) is 36.3. The number of fused-ring (bicyclic) bond motifs is 2. The number of hydrogen-bond acceptors (Lipinski definition) is 11. The van der Waals surface area contributed by atoms with Crippen molar-refractivity contribution in [2.75, 3.05) is 39.4 Å². The monoisotopic (exact) mass is 702 g/mol. The molecule has 0 bridgehead atoms. The van der Waals surface area contributed by atoms with Crippen molar-refractivity contribution in [3.63, 3.8) is 0 Å².